The number of rotatable bonds is 6. The maximum atomic E-state index is 13.3. The normalized spacial score (nSPS) is 11.7. The number of nitrogens with one attached hydrogen (secondary N) is 1. The number of ketones is 1. The van der Waals surface area contributed by atoms with E-state index in [1.165, 1.54) is 22.7 Å². The maximum Gasteiger partial charge on any atom is 0.433 e. The molecule has 0 saturated carbocycles. The largest absolute Gasteiger partial charge is 0.481 e. The van der Waals surface area contributed by atoms with Gasteiger partial charge in [-0.15, -0.1) is 0 Å². The number of aromatic nitrogens is 5. The molecule has 3 heterocycles. The number of aryl methyl sites for hydroxylation is 3. The molecule has 0 amide bonds. The van der Waals surface area contributed by atoms with E-state index in [2.05, 4.69) is 15.2 Å². The summed E-state index contributed by atoms with van der Waals surface area (Å²) in [7, 11) is 3.05. The summed E-state index contributed by atoms with van der Waals surface area (Å²) in [6.07, 6.45) is -3.57. The summed E-state index contributed by atoms with van der Waals surface area (Å²) < 4.78 is 47.7. The van der Waals surface area contributed by atoms with Crippen molar-refractivity contribution in [2.24, 2.45) is 7.05 Å². The van der Waals surface area contributed by atoms with E-state index in [1.54, 1.807) is 20.9 Å². The van der Waals surface area contributed by atoms with Crippen molar-refractivity contribution in [3.8, 4) is 5.88 Å². The van der Waals surface area contributed by atoms with Gasteiger partial charge in [0.05, 0.1) is 18.5 Å². The smallest absolute Gasteiger partial charge is 0.433 e. The standard InChI is InChI=1S/C19H20F3N5O3/c1-5-27-17(29)13(9-23-27)16(28)11-6-7-15(19(20,21)22)24-14(11)8-12-10(2)25-26(3)18(12)30-4/h6-7,9,23H,5,8H2,1-4H3. The molecule has 0 aliphatic heterocycles. The van der Waals surface area contributed by atoms with E-state index in [9.17, 15) is 22.8 Å². The number of aromatic amines is 1. The molecule has 8 nitrogen and oxygen atoms in total. The van der Waals surface area contributed by atoms with Gasteiger partial charge in [-0.25, -0.2) is 9.67 Å². The van der Waals surface area contributed by atoms with Crippen molar-refractivity contribution >= 4 is 5.78 Å². The molecule has 0 spiro atoms. The Hall–Kier alpha value is -3.37. The first-order valence-corrected chi connectivity index (χ1v) is 9.04. The van der Waals surface area contributed by atoms with Crippen LogP contribution in [0.1, 0.15) is 45.5 Å². The highest BCUT2D eigenvalue weighted by atomic mass is 19.4. The summed E-state index contributed by atoms with van der Waals surface area (Å²) in [4.78, 5) is 29.1. The third-order valence-electron chi connectivity index (χ3n) is 4.74. The van der Waals surface area contributed by atoms with Crippen molar-refractivity contribution in [2.75, 3.05) is 7.11 Å². The van der Waals surface area contributed by atoms with Crippen molar-refractivity contribution in [3.63, 3.8) is 0 Å². The van der Waals surface area contributed by atoms with Gasteiger partial charge in [-0.3, -0.25) is 14.3 Å². The minimum absolute atomic E-state index is 0.0901. The van der Waals surface area contributed by atoms with Crippen LogP contribution in [0, 0.1) is 6.92 Å². The summed E-state index contributed by atoms with van der Waals surface area (Å²) in [5.41, 5.74) is -1.03. The highest BCUT2D eigenvalue weighted by Gasteiger charge is 2.34. The lowest BCUT2D eigenvalue weighted by Gasteiger charge is -2.12. The molecule has 0 fully saturated rings. The fraction of sp³-hybridized carbons (Fsp3) is 0.368. The molecule has 11 heteroatoms. The monoisotopic (exact) mass is 423 g/mol. The zero-order valence-electron chi connectivity index (χ0n) is 16.8. The molecular formula is C19H20F3N5O3. The second-order valence-corrected chi connectivity index (χ2v) is 6.63. The van der Waals surface area contributed by atoms with Crippen LogP contribution in [0.2, 0.25) is 0 Å². The Morgan fingerprint density at radius 2 is 1.97 bits per heavy atom. The first-order chi connectivity index (χ1) is 14.1. The second-order valence-electron chi connectivity index (χ2n) is 6.63. The van der Waals surface area contributed by atoms with E-state index in [-0.39, 0.29) is 23.2 Å². The molecule has 1 N–H and O–H groups in total. The molecule has 0 aromatic carbocycles. The van der Waals surface area contributed by atoms with Crippen molar-refractivity contribution in [2.45, 2.75) is 33.0 Å². The van der Waals surface area contributed by atoms with Gasteiger partial charge in [-0.2, -0.15) is 18.3 Å². The van der Waals surface area contributed by atoms with E-state index in [4.69, 9.17) is 4.74 Å². The van der Waals surface area contributed by atoms with E-state index in [0.29, 0.717) is 23.7 Å². The predicted octanol–water partition coefficient (Wildman–Crippen LogP) is 2.48. The number of methoxy groups -OCH3 is 1. The lowest BCUT2D eigenvalue weighted by molar-refractivity contribution is -0.141. The van der Waals surface area contributed by atoms with E-state index in [0.717, 1.165) is 12.1 Å². The Balaban J connectivity index is 2.15. The molecule has 0 unspecified atom stereocenters. The Labute approximate surface area is 169 Å². The summed E-state index contributed by atoms with van der Waals surface area (Å²) >= 11 is 0. The van der Waals surface area contributed by atoms with Crippen molar-refractivity contribution in [1.82, 2.24) is 24.5 Å². The van der Waals surface area contributed by atoms with E-state index >= 15 is 0 Å². The van der Waals surface area contributed by atoms with E-state index < -0.39 is 23.2 Å². The van der Waals surface area contributed by atoms with Gasteiger partial charge >= 0.3 is 6.18 Å². The zero-order chi connectivity index (χ0) is 22.2. The molecule has 160 valence electrons. The minimum Gasteiger partial charge on any atom is -0.481 e. The molecule has 0 radical (unpaired) electrons. The Morgan fingerprint density at radius 3 is 2.53 bits per heavy atom. The molecular weight excluding hydrogens is 403 g/mol. The van der Waals surface area contributed by atoms with Crippen LogP contribution in [0.4, 0.5) is 13.2 Å². The van der Waals surface area contributed by atoms with Crippen LogP contribution in [0.25, 0.3) is 0 Å². The van der Waals surface area contributed by atoms with Crippen LogP contribution < -0.4 is 10.3 Å². The average molecular weight is 423 g/mol. The van der Waals surface area contributed by atoms with Crippen LogP contribution in [0.5, 0.6) is 5.88 Å². The van der Waals surface area contributed by atoms with Crippen LogP contribution in [0.3, 0.4) is 0 Å². The van der Waals surface area contributed by atoms with Crippen molar-refractivity contribution in [1.29, 1.82) is 0 Å². The Bertz CT molecular complexity index is 1160. The van der Waals surface area contributed by atoms with Gasteiger partial charge in [0.15, 0.2) is 0 Å². The quantitative estimate of drug-likeness (QED) is 0.615. The third-order valence-corrected chi connectivity index (χ3v) is 4.74. The number of hydrogen-bond acceptors (Lipinski definition) is 5. The summed E-state index contributed by atoms with van der Waals surface area (Å²) in [6, 6.07) is 1.78. The number of hydrogen-bond donors (Lipinski definition) is 1. The van der Waals surface area contributed by atoms with Gasteiger partial charge in [0.1, 0.15) is 11.3 Å². The minimum atomic E-state index is -4.69. The SMILES string of the molecule is CCn1[nH]cc(C(=O)c2ccc(C(F)(F)F)nc2Cc2c(C)nn(C)c2OC)c1=O. The zero-order valence-corrected chi connectivity index (χ0v) is 16.8. The number of carbonyl (C=O) groups excluding carboxylic acids is 1. The van der Waals surface area contributed by atoms with Gasteiger partial charge < -0.3 is 9.84 Å². The number of H-pyrrole nitrogens is 1. The number of carbonyl (C=O) groups is 1. The summed E-state index contributed by atoms with van der Waals surface area (Å²) in [6.45, 7) is 3.71. The molecule has 0 aliphatic rings. The molecule has 3 aromatic heterocycles. The molecule has 0 aliphatic carbocycles. The van der Waals surface area contributed by atoms with Crippen molar-refractivity contribution in [3.05, 3.63) is 62.5 Å². The average Bonchev–Trinajstić information content (AvgIpc) is 3.18. The van der Waals surface area contributed by atoms with Crippen LogP contribution in [-0.2, 0) is 26.2 Å². The van der Waals surface area contributed by atoms with Gasteiger partial charge in [0.25, 0.3) is 5.56 Å². The Kier molecular flexibility index (Phi) is 5.55. The topological polar surface area (TPSA) is 94.8 Å². The maximum absolute atomic E-state index is 13.3. The van der Waals surface area contributed by atoms with Gasteiger partial charge in [-0.05, 0) is 26.0 Å². The molecule has 0 saturated heterocycles. The number of alkyl halides is 3. The fourth-order valence-corrected chi connectivity index (χ4v) is 3.26. The van der Waals surface area contributed by atoms with Crippen LogP contribution >= 0.6 is 0 Å². The third kappa shape index (κ3) is 3.74. The van der Waals surface area contributed by atoms with Crippen molar-refractivity contribution < 1.29 is 22.7 Å². The lowest BCUT2D eigenvalue weighted by Crippen LogP contribution is -2.22. The number of nitrogens with zero attached hydrogens (tertiary/aromatic N) is 4. The highest BCUT2D eigenvalue weighted by molar-refractivity contribution is 6.09. The number of pyridine rings is 1. The molecule has 0 bridgehead atoms. The fourth-order valence-electron chi connectivity index (χ4n) is 3.26. The Morgan fingerprint density at radius 1 is 1.27 bits per heavy atom. The highest BCUT2D eigenvalue weighted by Crippen LogP contribution is 2.31. The van der Waals surface area contributed by atoms with Gasteiger partial charge in [-0.1, -0.05) is 0 Å². The van der Waals surface area contributed by atoms with Crippen LogP contribution in [0.15, 0.2) is 23.1 Å². The van der Waals surface area contributed by atoms with E-state index in [1.807, 2.05) is 0 Å². The van der Waals surface area contributed by atoms with Gasteiger partial charge in [0.2, 0.25) is 11.7 Å². The summed E-state index contributed by atoms with van der Waals surface area (Å²) in [5, 5.41) is 6.87. The van der Waals surface area contributed by atoms with Gasteiger partial charge in [0, 0.05) is 37.3 Å². The lowest BCUT2D eigenvalue weighted by atomic mass is 9.99. The first kappa shape index (κ1) is 21.3. The predicted molar refractivity (Wildman–Crippen MR) is 101 cm³/mol. The second kappa shape index (κ2) is 7.81. The molecule has 30 heavy (non-hydrogen) atoms. The molecule has 3 aromatic rings. The number of halogens is 3. The first-order valence-electron chi connectivity index (χ1n) is 9.04. The number of ether oxygens (including phenoxy) is 1. The summed E-state index contributed by atoms with van der Waals surface area (Å²) in [5.74, 6) is -0.361. The molecule has 3 rings (SSSR count). The molecule has 0 atom stereocenters. The van der Waals surface area contributed by atoms with Crippen LogP contribution in [-0.4, -0.2) is 37.4 Å².